The van der Waals surface area contributed by atoms with Crippen molar-refractivity contribution in [3.63, 3.8) is 0 Å². The first kappa shape index (κ1) is 11.9. The summed E-state index contributed by atoms with van der Waals surface area (Å²) in [4.78, 5) is 4.10. The van der Waals surface area contributed by atoms with E-state index in [2.05, 4.69) is 9.71 Å². The molecule has 0 amide bonds. The molecular weight excluding hydrogens is 234 g/mol. The van der Waals surface area contributed by atoms with Gasteiger partial charge in [-0.2, -0.15) is 5.26 Å². The van der Waals surface area contributed by atoms with Gasteiger partial charge in [0, 0.05) is 5.38 Å². The Bertz CT molecular complexity index is 470. The number of hydrogen-bond donors (Lipinski definition) is 1. The molecule has 1 rings (SSSR count). The fraction of sp³-hybridized carbons (Fsp3) is 0.500. The number of hydrogen-bond acceptors (Lipinski definition) is 5. The van der Waals surface area contributed by atoms with Crippen molar-refractivity contribution < 1.29 is 8.42 Å². The number of nitrogens with zero attached hydrogens (tertiary/aromatic N) is 2. The Labute approximate surface area is 92.8 Å². The molecule has 0 aliphatic carbocycles. The van der Waals surface area contributed by atoms with Crippen molar-refractivity contribution in [2.24, 2.45) is 0 Å². The fourth-order valence-electron chi connectivity index (χ4n) is 0.852. The predicted octanol–water partition coefficient (Wildman–Crippen LogP) is 1.53. The number of rotatable bonds is 4. The molecule has 0 saturated carbocycles. The summed E-state index contributed by atoms with van der Waals surface area (Å²) in [5.74, 6) is -0.292. The number of nitriles is 1. The molecular formula is C8H11N3O2S2. The van der Waals surface area contributed by atoms with Gasteiger partial charge in [0.05, 0.1) is 11.8 Å². The van der Waals surface area contributed by atoms with E-state index < -0.39 is 15.8 Å². The molecule has 5 nitrogen and oxygen atoms in total. The minimum atomic E-state index is -3.56. The maximum atomic E-state index is 11.2. The Balaban J connectivity index is 2.78. The highest BCUT2D eigenvalue weighted by molar-refractivity contribution is 7.93. The van der Waals surface area contributed by atoms with Crippen LogP contribution in [0.1, 0.15) is 25.5 Å². The van der Waals surface area contributed by atoms with Crippen molar-refractivity contribution in [3.05, 3.63) is 11.1 Å². The molecule has 0 saturated heterocycles. The summed E-state index contributed by atoms with van der Waals surface area (Å²) in [5.41, 5.74) is 0.842. The number of anilines is 1. The summed E-state index contributed by atoms with van der Waals surface area (Å²) in [6.45, 7) is 3.95. The van der Waals surface area contributed by atoms with Gasteiger partial charge in [-0.15, -0.1) is 11.3 Å². The molecule has 0 bridgehead atoms. The van der Waals surface area contributed by atoms with Gasteiger partial charge in [-0.1, -0.05) is 13.8 Å². The molecule has 0 spiro atoms. The normalized spacial score (nSPS) is 11.3. The molecule has 0 unspecified atom stereocenters. The van der Waals surface area contributed by atoms with Gasteiger partial charge in [-0.05, 0) is 5.92 Å². The molecule has 0 atom stereocenters. The SMILES string of the molecule is CC(C)c1csc(NS(=O)(=O)CC#N)n1. The summed E-state index contributed by atoms with van der Waals surface area (Å²) < 4.78 is 24.7. The van der Waals surface area contributed by atoms with Crippen molar-refractivity contribution in [2.45, 2.75) is 19.8 Å². The number of thiazole rings is 1. The largest absolute Gasteiger partial charge is 0.258 e. The van der Waals surface area contributed by atoms with E-state index in [0.29, 0.717) is 5.13 Å². The highest BCUT2D eigenvalue weighted by Crippen LogP contribution is 2.22. The van der Waals surface area contributed by atoms with Crippen molar-refractivity contribution in [1.29, 1.82) is 5.26 Å². The van der Waals surface area contributed by atoms with Crippen LogP contribution in [0.5, 0.6) is 0 Å². The number of sulfonamides is 1. The average molecular weight is 245 g/mol. The van der Waals surface area contributed by atoms with Crippen LogP contribution < -0.4 is 4.72 Å². The molecule has 82 valence electrons. The van der Waals surface area contributed by atoms with Crippen LogP contribution in [0, 0.1) is 11.3 Å². The zero-order valence-corrected chi connectivity index (χ0v) is 10.0. The molecule has 0 aliphatic heterocycles. The van der Waals surface area contributed by atoms with Crippen LogP contribution in [0.4, 0.5) is 5.13 Å². The van der Waals surface area contributed by atoms with Crippen molar-refractivity contribution in [1.82, 2.24) is 4.98 Å². The second-order valence-electron chi connectivity index (χ2n) is 3.25. The van der Waals surface area contributed by atoms with E-state index in [9.17, 15) is 8.42 Å². The zero-order valence-electron chi connectivity index (χ0n) is 8.39. The van der Waals surface area contributed by atoms with Gasteiger partial charge in [0.1, 0.15) is 0 Å². The number of nitrogens with one attached hydrogen (secondary N) is 1. The van der Waals surface area contributed by atoms with Crippen molar-refractivity contribution in [2.75, 3.05) is 10.5 Å². The molecule has 1 aromatic heterocycles. The second-order valence-corrected chi connectivity index (χ2v) is 5.83. The lowest BCUT2D eigenvalue weighted by Crippen LogP contribution is -2.15. The Morgan fingerprint density at radius 3 is 2.80 bits per heavy atom. The first-order valence-electron chi connectivity index (χ1n) is 4.27. The fourth-order valence-corrected chi connectivity index (χ4v) is 2.69. The standard InChI is InChI=1S/C8H11N3O2S2/c1-6(2)7-5-14-8(10-7)11-15(12,13)4-3-9/h5-6H,4H2,1-2H3,(H,10,11). The van der Waals surface area contributed by atoms with Gasteiger partial charge >= 0.3 is 0 Å². The van der Waals surface area contributed by atoms with Crippen LogP contribution in [0.3, 0.4) is 0 Å². The van der Waals surface area contributed by atoms with Crippen LogP contribution in [0.25, 0.3) is 0 Å². The third-order valence-electron chi connectivity index (χ3n) is 1.61. The highest BCUT2D eigenvalue weighted by atomic mass is 32.2. The summed E-state index contributed by atoms with van der Waals surface area (Å²) in [6.07, 6.45) is 0. The Kier molecular flexibility index (Phi) is 3.66. The monoisotopic (exact) mass is 245 g/mol. The third-order valence-corrected chi connectivity index (χ3v) is 3.53. The Morgan fingerprint density at radius 1 is 1.67 bits per heavy atom. The highest BCUT2D eigenvalue weighted by Gasteiger charge is 2.13. The first-order chi connectivity index (χ1) is 6.94. The van der Waals surface area contributed by atoms with Crippen molar-refractivity contribution >= 4 is 26.5 Å². The van der Waals surface area contributed by atoms with Gasteiger partial charge in [0.15, 0.2) is 10.9 Å². The smallest absolute Gasteiger partial charge is 0.247 e. The number of aromatic nitrogens is 1. The second kappa shape index (κ2) is 4.59. The summed E-state index contributed by atoms with van der Waals surface area (Å²) in [5, 5.41) is 10.4. The molecule has 1 heterocycles. The summed E-state index contributed by atoms with van der Waals surface area (Å²) in [7, 11) is -3.56. The van der Waals surface area contributed by atoms with Gasteiger partial charge < -0.3 is 0 Å². The van der Waals surface area contributed by atoms with E-state index in [0.717, 1.165) is 5.69 Å². The maximum absolute atomic E-state index is 11.2. The molecule has 0 radical (unpaired) electrons. The van der Waals surface area contributed by atoms with Gasteiger partial charge in [0.25, 0.3) is 0 Å². The van der Waals surface area contributed by atoms with E-state index >= 15 is 0 Å². The Hall–Kier alpha value is -1.13. The molecule has 7 heteroatoms. The third kappa shape index (κ3) is 3.49. The Morgan fingerprint density at radius 2 is 2.33 bits per heavy atom. The van der Waals surface area contributed by atoms with E-state index in [1.54, 1.807) is 11.4 Å². The van der Waals surface area contributed by atoms with E-state index in [-0.39, 0.29) is 5.92 Å². The summed E-state index contributed by atoms with van der Waals surface area (Å²) in [6, 6.07) is 1.58. The van der Waals surface area contributed by atoms with E-state index in [1.165, 1.54) is 11.3 Å². The average Bonchev–Trinajstić information content (AvgIpc) is 2.51. The molecule has 0 fully saturated rings. The minimum absolute atomic E-state index is 0.260. The lowest BCUT2D eigenvalue weighted by Gasteiger charge is -2.00. The summed E-state index contributed by atoms with van der Waals surface area (Å²) >= 11 is 1.22. The molecule has 0 aliphatic rings. The van der Waals surface area contributed by atoms with E-state index in [1.807, 2.05) is 13.8 Å². The van der Waals surface area contributed by atoms with Crippen LogP contribution in [-0.2, 0) is 10.0 Å². The lowest BCUT2D eigenvalue weighted by molar-refractivity contribution is 0.604. The van der Waals surface area contributed by atoms with Gasteiger partial charge in [-0.25, -0.2) is 13.4 Å². The maximum Gasteiger partial charge on any atom is 0.247 e. The van der Waals surface area contributed by atoms with Crippen LogP contribution >= 0.6 is 11.3 Å². The van der Waals surface area contributed by atoms with E-state index in [4.69, 9.17) is 5.26 Å². The molecule has 1 N–H and O–H groups in total. The first-order valence-corrected chi connectivity index (χ1v) is 6.80. The predicted molar refractivity (Wildman–Crippen MR) is 59.2 cm³/mol. The minimum Gasteiger partial charge on any atom is -0.258 e. The van der Waals surface area contributed by atoms with Crippen molar-refractivity contribution in [3.8, 4) is 6.07 Å². The van der Waals surface area contributed by atoms with Gasteiger partial charge in [0.2, 0.25) is 10.0 Å². The molecule has 15 heavy (non-hydrogen) atoms. The van der Waals surface area contributed by atoms with Crippen LogP contribution in [0.2, 0.25) is 0 Å². The quantitative estimate of drug-likeness (QED) is 0.872. The van der Waals surface area contributed by atoms with Crippen LogP contribution in [-0.4, -0.2) is 19.2 Å². The molecule has 1 aromatic rings. The van der Waals surface area contributed by atoms with Crippen LogP contribution in [0.15, 0.2) is 5.38 Å². The zero-order chi connectivity index (χ0) is 11.5. The lowest BCUT2D eigenvalue weighted by atomic mass is 10.2. The topological polar surface area (TPSA) is 82.9 Å². The van der Waals surface area contributed by atoms with Gasteiger partial charge in [-0.3, -0.25) is 4.72 Å². The molecule has 0 aromatic carbocycles.